The standard InChI is InChI=1S/C13H9N5O3/c19-12-5-4-11(15-16-12)18-10(7-9(17-18)13(20)21)8-3-1-2-6-14-8/h1-7H,(H,16,19)(H,20,21). The molecule has 0 aliphatic heterocycles. The summed E-state index contributed by atoms with van der Waals surface area (Å²) in [6, 6.07) is 9.39. The lowest BCUT2D eigenvalue weighted by Crippen LogP contribution is -2.11. The van der Waals surface area contributed by atoms with Gasteiger partial charge < -0.3 is 5.11 Å². The van der Waals surface area contributed by atoms with Crippen LogP contribution in [0.4, 0.5) is 0 Å². The minimum Gasteiger partial charge on any atom is -0.476 e. The van der Waals surface area contributed by atoms with Crippen molar-refractivity contribution in [3.63, 3.8) is 0 Å². The summed E-state index contributed by atoms with van der Waals surface area (Å²) in [7, 11) is 0. The monoisotopic (exact) mass is 283 g/mol. The third-order valence-corrected chi connectivity index (χ3v) is 2.74. The molecule has 21 heavy (non-hydrogen) atoms. The van der Waals surface area contributed by atoms with Crippen molar-refractivity contribution in [2.45, 2.75) is 0 Å². The maximum atomic E-state index is 11.1. The Kier molecular flexibility index (Phi) is 3.03. The first kappa shape index (κ1) is 12.7. The number of aromatic amines is 1. The molecule has 0 unspecified atom stereocenters. The zero-order valence-corrected chi connectivity index (χ0v) is 10.6. The number of pyridine rings is 1. The van der Waals surface area contributed by atoms with E-state index in [9.17, 15) is 9.59 Å². The van der Waals surface area contributed by atoms with Crippen molar-refractivity contribution in [1.82, 2.24) is 25.0 Å². The van der Waals surface area contributed by atoms with Crippen molar-refractivity contribution in [3.8, 4) is 17.2 Å². The lowest BCUT2D eigenvalue weighted by Gasteiger charge is -2.04. The van der Waals surface area contributed by atoms with Gasteiger partial charge in [0.2, 0.25) is 0 Å². The summed E-state index contributed by atoms with van der Waals surface area (Å²) in [6.07, 6.45) is 1.59. The summed E-state index contributed by atoms with van der Waals surface area (Å²) in [5.41, 5.74) is 0.519. The third kappa shape index (κ3) is 2.41. The molecule has 0 saturated heterocycles. The van der Waals surface area contributed by atoms with E-state index in [4.69, 9.17) is 5.11 Å². The maximum absolute atomic E-state index is 11.1. The number of aromatic nitrogens is 5. The third-order valence-electron chi connectivity index (χ3n) is 2.74. The number of hydrogen-bond acceptors (Lipinski definition) is 5. The molecule has 0 radical (unpaired) electrons. The molecule has 0 atom stereocenters. The highest BCUT2D eigenvalue weighted by atomic mass is 16.4. The van der Waals surface area contributed by atoms with Crippen LogP contribution in [0.1, 0.15) is 10.5 Å². The lowest BCUT2D eigenvalue weighted by molar-refractivity contribution is 0.0690. The lowest BCUT2D eigenvalue weighted by atomic mass is 10.2. The molecule has 0 aliphatic rings. The van der Waals surface area contributed by atoms with Crippen molar-refractivity contribution < 1.29 is 9.90 Å². The van der Waals surface area contributed by atoms with Gasteiger partial charge in [-0.25, -0.2) is 14.6 Å². The average Bonchev–Trinajstić information content (AvgIpc) is 2.94. The fourth-order valence-electron chi connectivity index (χ4n) is 1.81. The maximum Gasteiger partial charge on any atom is 0.356 e. The Morgan fingerprint density at radius 2 is 2.10 bits per heavy atom. The minimum atomic E-state index is -1.16. The molecule has 3 heterocycles. The van der Waals surface area contributed by atoms with Crippen LogP contribution in [0, 0.1) is 0 Å². The van der Waals surface area contributed by atoms with Crippen LogP contribution in [-0.2, 0) is 0 Å². The summed E-state index contributed by atoms with van der Waals surface area (Å²) in [6.45, 7) is 0. The fraction of sp³-hybridized carbons (Fsp3) is 0. The van der Waals surface area contributed by atoms with E-state index in [2.05, 4.69) is 20.3 Å². The van der Waals surface area contributed by atoms with Gasteiger partial charge in [0.05, 0.1) is 11.4 Å². The number of rotatable bonds is 3. The van der Waals surface area contributed by atoms with E-state index in [1.165, 1.54) is 22.9 Å². The topological polar surface area (TPSA) is 114 Å². The second kappa shape index (κ2) is 5.00. The van der Waals surface area contributed by atoms with Gasteiger partial charge in [-0.2, -0.15) is 10.2 Å². The van der Waals surface area contributed by atoms with Crippen LogP contribution < -0.4 is 5.56 Å². The molecule has 0 amide bonds. The second-order valence-electron chi connectivity index (χ2n) is 4.13. The summed E-state index contributed by atoms with van der Waals surface area (Å²) >= 11 is 0. The second-order valence-corrected chi connectivity index (χ2v) is 4.13. The molecule has 8 heteroatoms. The molecule has 8 nitrogen and oxygen atoms in total. The van der Waals surface area contributed by atoms with Crippen molar-refractivity contribution in [3.05, 3.63) is 58.6 Å². The van der Waals surface area contributed by atoms with Crippen LogP contribution in [0.5, 0.6) is 0 Å². The summed E-state index contributed by atoms with van der Waals surface area (Å²) in [4.78, 5) is 26.3. The van der Waals surface area contributed by atoms with E-state index in [1.807, 2.05) is 0 Å². The predicted octanol–water partition coefficient (Wildman–Crippen LogP) is 0.716. The number of H-pyrrole nitrogens is 1. The summed E-state index contributed by atoms with van der Waals surface area (Å²) < 4.78 is 1.32. The van der Waals surface area contributed by atoms with Gasteiger partial charge in [-0.05, 0) is 18.2 Å². The van der Waals surface area contributed by atoms with Crippen LogP contribution in [0.25, 0.3) is 17.2 Å². The Labute approximate surface area is 117 Å². The van der Waals surface area contributed by atoms with Gasteiger partial charge in [0, 0.05) is 18.3 Å². The van der Waals surface area contributed by atoms with Gasteiger partial charge in [0.1, 0.15) is 0 Å². The Balaban J connectivity index is 2.21. The molecular weight excluding hydrogens is 274 g/mol. The molecule has 0 spiro atoms. The average molecular weight is 283 g/mol. The van der Waals surface area contributed by atoms with Gasteiger partial charge in [-0.1, -0.05) is 6.07 Å². The van der Waals surface area contributed by atoms with Crippen LogP contribution in [0.15, 0.2) is 47.4 Å². The van der Waals surface area contributed by atoms with Gasteiger partial charge in [0.15, 0.2) is 11.5 Å². The fourth-order valence-corrected chi connectivity index (χ4v) is 1.81. The Morgan fingerprint density at radius 3 is 2.71 bits per heavy atom. The zero-order chi connectivity index (χ0) is 14.8. The molecule has 0 bridgehead atoms. The smallest absolute Gasteiger partial charge is 0.356 e. The summed E-state index contributed by atoms with van der Waals surface area (Å²) in [5, 5.41) is 19.2. The Hall–Kier alpha value is -3.29. The quantitative estimate of drug-likeness (QED) is 0.732. The number of nitrogens with zero attached hydrogens (tertiary/aromatic N) is 4. The number of carboxylic acids is 1. The Morgan fingerprint density at radius 1 is 1.24 bits per heavy atom. The number of aromatic carboxylic acids is 1. The number of carboxylic acid groups (broad SMARTS) is 1. The van der Waals surface area contributed by atoms with Crippen molar-refractivity contribution >= 4 is 5.97 Å². The first-order chi connectivity index (χ1) is 10.1. The van der Waals surface area contributed by atoms with E-state index in [1.54, 1.807) is 24.4 Å². The van der Waals surface area contributed by atoms with Gasteiger partial charge in [-0.15, -0.1) is 0 Å². The van der Waals surface area contributed by atoms with Gasteiger partial charge in [0.25, 0.3) is 5.56 Å². The highest BCUT2D eigenvalue weighted by Crippen LogP contribution is 2.20. The minimum absolute atomic E-state index is 0.136. The molecule has 0 saturated carbocycles. The highest BCUT2D eigenvalue weighted by molar-refractivity contribution is 5.87. The molecule has 3 rings (SSSR count). The molecule has 3 aromatic rings. The van der Waals surface area contributed by atoms with E-state index in [-0.39, 0.29) is 11.3 Å². The molecular formula is C13H9N5O3. The van der Waals surface area contributed by atoms with E-state index < -0.39 is 5.97 Å². The van der Waals surface area contributed by atoms with Crippen LogP contribution >= 0.6 is 0 Å². The molecule has 2 N–H and O–H groups in total. The first-order valence-electron chi connectivity index (χ1n) is 5.96. The molecule has 104 valence electrons. The van der Waals surface area contributed by atoms with Crippen molar-refractivity contribution in [2.75, 3.05) is 0 Å². The largest absolute Gasteiger partial charge is 0.476 e. The molecule has 3 aromatic heterocycles. The van der Waals surface area contributed by atoms with E-state index >= 15 is 0 Å². The summed E-state index contributed by atoms with van der Waals surface area (Å²) in [5.74, 6) is -0.863. The number of hydrogen-bond donors (Lipinski definition) is 2. The SMILES string of the molecule is O=C(O)c1cc(-c2ccccn2)n(-c2ccc(=O)[nH]n2)n1. The molecule has 0 fully saturated rings. The Bertz CT molecular complexity index is 833. The van der Waals surface area contributed by atoms with Gasteiger partial charge >= 0.3 is 5.97 Å². The van der Waals surface area contributed by atoms with Crippen LogP contribution in [0.2, 0.25) is 0 Å². The molecule has 0 aromatic carbocycles. The van der Waals surface area contributed by atoms with Crippen molar-refractivity contribution in [2.24, 2.45) is 0 Å². The van der Waals surface area contributed by atoms with Crippen molar-refractivity contribution in [1.29, 1.82) is 0 Å². The normalized spacial score (nSPS) is 10.5. The van der Waals surface area contributed by atoms with Gasteiger partial charge in [-0.3, -0.25) is 9.78 Å². The van der Waals surface area contributed by atoms with Crippen LogP contribution in [0.3, 0.4) is 0 Å². The number of carbonyl (C=O) groups is 1. The number of nitrogens with one attached hydrogen (secondary N) is 1. The van der Waals surface area contributed by atoms with Crippen LogP contribution in [-0.4, -0.2) is 36.0 Å². The highest BCUT2D eigenvalue weighted by Gasteiger charge is 2.17. The molecule has 0 aliphatic carbocycles. The first-order valence-corrected chi connectivity index (χ1v) is 5.96. The predicted molar refractivity (Wildman–Crippen MR) is 72.2 cm³/mol. The van der Waals surface area contributed by atoms with E-state index in [0.29, 0.717) is 17.2 Å². The van der Waals surface area contributed by atoms with E-state index in [0.717, 1.165) is 0 Å². The zero-order valence-electron chi connectivity index (χ0n) is 10.6.